The maximum absolute atomic E-state index is 11.6. The van der Waals surface area contributed by atoms with Crippen molar-refractivity contribution in [3.8, 4) is 0 Å². The van der Waals surface area contributed by atoms with Crippen molar-refractivity contribution in [2.24, 2.45) is 0 Å². The Morgan fingerprint density at radius 1 is 1.04 bits per heavy atom. The molecule has 0 spiro atoms. The number of ether oxygens (including phenoxy) is 2. The first-order valence-electron chi connectivity index (χ1n) is 8.72. The number of hydrogen-bond donors (Lipinski definition) is 2. The lowest BCUT2D eigenvalue weighted by atomic mass is 9.98. The van der Waals surface area contributed by atoms with Crippen molar-refractivity contribution >= 4 is 12.0 Å². The van der Waals surface area contributed by atoms with Crippen molar-refractivity contribution in [2.75, 3.05) is 19.7 Å². The molecular weight excluding hydrogens is 296 g/mol. The quantitative estimate of drug-likeness (QED) is 0.672. The summed E-state index contributed by atoms with van der Waals surface area (Å²) in [6, 6.07) is 0. The first kappa shape index (κ1) is 19.7. The SMILES string of the molecule is CC(C)(C)OC(=O)NCCC(=O)NCCCOC1CCCCC1. The standard InChI is InChI=1S/C17H32N2O4/c1-17(2,3)23-16(21)19-12-10-15(20)18-11-7-13-22-14-8-5-4-6-9-14/h14H,4-13H2,1-3H3,(H,18,20)(H,19,21). The third-order valence-corrected chi connectivity index (χ3v) is 3.57. The number of hydrogen-bond acceptors (Lipinski definition) is 4. The third-order valence-electron chi connectivity index (χ3n) is 3.57. The van der Waals surface area contributed by atoms with Crippen molar-refractivity contribution in [3.63, 3.8) is 0 Å². The Morgan fingerprint density at radius 3 is 2.39 bits per heavy atom. The lowest BCUT2D eigenvalue weighted by molar-refractivity contribution is -0.121. The molecule has 2 amide bonds. The van der Waals surface area contributed by atoms with E-state index < -0.39 is 11.7 Å². The van der Waals surface area contributed by atoms with E-state index in [2.05, 4.69) is 10.6 Å². The first-order chi connectivity index (χ1) is 10.9. The highest BCUT2D eigenvalue weighted by Gasteiger charge is 2.16. The summed E-state index contributed by atoms with van der Waals surface area (Å²) < 4.78 is 10.9. The zero-order valence-electron chi connectivity index (χ0n) is 14.8. The summed E-state index contributed by atoms with van der Waals surface area (Å²) in [5.41, 5.74) is -0.523. The van der Waals surface area contributed by atoms with Crippen molar-refractivity contribution in [2.45, 2.75) is 77.4 Å². The molecule has 6 nitrogen and oxygen atoms in total. The van der Waals surface area contributed by atoms with Gasteiger partial charge in [-0.3, -0.25) is 4.79 Å². The molecule has 0 aromatic carbocycles. The molecule has 0 aromatic heterocycles. The van der Waals surface area contributed by atoms with Crippen LogP contribution in [0, 0.1) is 0 Å². The lowest BCUT2D eigenvalue weighted by Gasteiger charge is -2.21. The molecular formula is C17H32N2O4. The van der Waals surface area contributed by atoms with E-state index in [0.717, 1.165) is 6.42 Å². The second-order valence-corrected chi connectivity index (χ2v) is 7.01. The molecule has 0 atom stereocenters. The molecule has 0 aromatic rings. The van der Waals surface area contributed by atoms with E-state index in [-0.39, 0.29) is 18.9 Å². The molecule has 0 bridgehead atoms. The highest BCUT2D eigenvalue weighted by molar-refractivity contribution is 5.76. The molecule has 6 heteroatoms. The van der Waals surface area contributed by atoms with Gasteiger partial charge in [-0.1, -0.05) is 19.3 Å². The molecule has 1 saturated carbocycles. The number of rotatable bonds is 8. The summed E-state index contributed by atoms with van der Waals surface area (Å²) in [6.07, 6.45) is 7.20. The molecule has 1 rings (SSSR count). The van der Waals surface area contributed by atoms with Crippen molar-refractivity contribution in [1.29, 1.82) is 0 Å². The predicted molar refractivity (Wildman–Crippen MR) is 89.3 cm³/mol. The van der Waals surface area contributed by atoms with Crippen LogP contribution in [-0.4, -0.2) is 43.4 Å². The van der Waals surface area contributed by atoms with Crippen LogP contribution in [0.1, 0.15) is 65.7 Å². The van der Waals surface area contributed by atoms with Gasteiger partial charge in [0.15, 0.2) is 0 Å². The molecule has 1 aliphatic carbocycles. The fourth-order valence-corrected chi connectivity index (χ4v) is 2.46. The van der Waals surface area contributed by atoms with Gasteiger partial charge < -0.3 is 20.1 Å². The van der Waals surface area contributed by atoms with Gasteiger partial charge in [-0.15, -0.1) is 0 Å². The summed E-state index contributed by atoms with van der Waals surface area (Å²) >= 11 is 0. The maximum atomic E-state index is 11.6. The lowest BCUT2D eigenvalue weighted by Crippen LogP contribution is -2.35. The molecule has 0 saturated heterocycles. The van der Waals surface area contributed by atoms with Gasteiger partial charge in [0.2, 0.25) is 5.91 Å². The molecule has 134 valence electrons. The van der Waals surface area contributed by atoms with E-state index in [4.69, 9.17) is 9.47 Å². The van der Waals surface area contributed by atoms with Gasteiger partial charge in [-0.05, 0) is 40.0 Å². The zero-order chi connectivity index (χ0) is 17.1. The normalized spacial score (nSPS) is 16.0. The van der Waals surface area contributed by atoms with Crippen LogP contribution in [-0.2, 0) is 14.3 Å². The van der Waals surface area contributed by atoms with Gasteiger partial charge in [0.25, 0.3) is 0 Å². The Hall–Kier alpha value is -1.30. The van der Waals surface area contributed by atoms with E-state index in [1.807, 2.05) is 0 Å². The van der Waals surface area contributed by atoms with E-state index in [0.29, 0.717) is 19.3 Å². The molecule has 0 radical (unpaired) electrons. The fourth-order valence-electron chi connectivity index (χ4n) is 2.46. The van der Waals surface area contributed by atoms with Gasteiger partial charge in [0, 0.05) is 26.1 Å². The topological polar surface area (TPSA) is 76.7 Å². The minimum Gasteiger partial charge on any atom is -0.444 e. The van der Waals surface area contributed by atoms with Crippen molar-refractivity contribution in [3.05, 3.63) is 0 Å². The van der Waals surface area contributed by atoms with Gasteiger partial charge in [-0.2, -0.15) is 0 Å². The first-order valence-corrected chi connectivity index (χ1v) is 8.72. The number of alkyl carbamates (subject to hydrolysis) is 1. The highest BCUT2D eigenvalue weighted by atomic mass is 16.6. The Kier molecular flexibility index (Phi) is 8.99. The van der Waals surface area contributed by atoms with Gasteiger partial charge in [0.1, 0.15) is 5.60 Å². The van der Waals surface area contributed by atoms with Gasteiger partial charge in [-0.25, -0.2) is 4.79 Å². The molecule has 0 heterocycles. The second kappa shape index (κ2) is 10.5. The van der Waals surface area contributed by atoms with Crippen LogP contribution < -0.4 is 10.6 Å². The van der Waals surface area contributed by atoms with Crippen LogP contribution >= 0.6 is 0 Å². The molecule has 23 heavy (non-hydrogen) atoms. The maximum Gasteiger partial charge on any atom is 0.407 e. The summed E-state index contributed by atoms with van der Waals surface area (Å²) in [4.78, 5) is 23.0. The van der Waals surface area contributed by atoms with E-state index in [9.17, 15) is 9.59 Å². The minimum absolute atomic E-state index is 0.0706. The van der Waals surface area contributed by atoms with Gasteiger partial charge >= 0.3 is 6.09 Å². The number of amides is 2. The molecule has 0 aliphatic heterocycles. The Balaban J connectivity index is 1.94. The zero-order valence-corrected chi connectivity index (χ0v) is 14.8. The Labute approximate surface area is 139 Å². The van der Waals surface area contributed by atoms with Crippen molar-refractivity contribution < 1.29 is 19.1 Å². The van der Waals surface area contributed by atoms with Crippen LogP contribution in [0.2, 0.25) is 0 Å². The average molecular weight is 328 g/mol. The fraction of sp³-hybridized carbons (Fsp3) is 0.882. The average Bonchev–Trinajstić information content (AvgIpc) is 2.46. The molecule has 1 aliphatic rings. The number of nitrogens with one attached hydrogen (secondary N) is 2. The van der Waals surface area contributed by atoms with Crippen LogP contribution in [0.15, 0.2) is 0 Å². The monoisotopic (exact) mass is 328 g/mol. The molecule has 2 N–H and O–H groups in total. The van der Waals surface area contributed by atoms with E-state index in [1.54, 1.807) is 20.8 Å². The second-order valence-electron chi connectivity index (χ2n) is 7.01. The molecule has 1 fully saturated rings. The highest BCUT2D eigenvalue weighted by Crippen LogP contribution is 2.20. The molecule has 0 unspecified atom stereocenters. The third kappa shape index (κ3) is 11.0. The predicted octanol–water partition coefficient (Wildman–Crippen LogP) is 2.76. The minimum atomic E-state index is -0.523. The smallest absolute Gasteiger partial charge is 0.407 e. The largest absolute Gasteiger partial charge is 0.444 e. The summed E-state index contributed by atoms with van der Waals surface area (Å²) in [7, 11) is 0. The summed E-state index contributed by atoms with van der Waals surface area (Å²) in [5, 5.41) is 5.40. The van der Waals surface area contributed by atoms with Crippen LogP contribution in [0.3, 0.4) is 0 Å². The van der Waals surface area contributed by atoms with Crippen LogP contribution in [0.25, 0.3) is 0 Å². The summed E-state index contributed by atoms with van der Waals surface area (Å²) in [6.45, 7) is 6.98. The van der Waals surface area contributed by atoms with E-state index in [1.165, 1.54) is 32.1 Å². The number of carbonyl (C=O) groups excluding carboxylic acids is 2. The Bertz CT molecular complexity index is 360. The summed E-state index contributed by atoms with van der Waals surface area (Å²) in [5.74, 6) is -0.0706. The van der Waals surface area contributed by atoms with Crippen LogP contribution in [0.4, 0.5) is 4.79 Å². The van der Waals surface area contributed by atoms with Crippen molar-refractivity contribution in [1.82, 2.24) is 10.6 Å². The number of carbonyl (C=O) groups is 2. The van der Waals surface area contributed by atoms with Gasteiger partial charge in [0.05, 0.1) is 6.10 Å². The Morgan fingerprint density at radius 2 is 1.74 bits per heavy atom. The van der Waals surface area contributed by atoms with Crippen LogP contribution in [0.5, 0.6) is 0 Å². The van der Waals surface area contributed by atoms with E-state index >= 15 is 0 Å².